The van der Waals surface area contributed by atoms with Gasteiger partial charge in [-0.3, -0.25) is 0 Å². The lowest BCUT2D eigenvalue weighted by atomic mass is 10.2. The van der Waals surface area contributed by atoms with Gasteiger partial charge in [-0.05, 0) is 29.8 Å². The van der Waals surface area contributed by atoms with Crippen LogP contribution in [0.1, 0.15) is 5.56 Å². The monoisotopic (exact) mass is 259 g/mol. The average Bonchev–Trinajstić information content (AvgIpc) is 2.38. The van der Waals surface area contributed by atoms with Crippen LogP contribution >= 0.6 is 0 Å². The number of urea groups is 1. The fraction of sp³-hybridized carbons (Fsp3) is 0.0714. The normalized spacial score (nSPS) is 9.95. The van der Waals surface area contributed by atoms with Crippen LogP contribution in [0.2, 0.25) is 0 Å². The summed E-state index contributed by atoms with van der Waals surface area (Å²) in [6.07, 6.45) is 0. The van der Waals surface area contributed by atoms with Crippen molar-refractivity contribution in [2.24, 2.45) is 0 Å². The first-order chi connectivity index (χ1) is 9.15. The van der Waals surface area contributed by atoms with Gasteiger partial charge in [-0.1, -0.05) is 24.3 Å². The van der Waals surface area contributed by atoms with E-state index in [9.17, 15) is 9.18 Å². The molecule has 2 aromatic rings. The van der Waals surface area contributed by atoms with Crippen LogP contribution in [0.4, 0.5) is 20.6 Å². The Hall–Kier alpha value is -2.56. The molecule has 2 amide bonds. The highest BCUT2D eigenvalue weighted by Gasteiger charge is 2.03. The highest BCUT2D eigenvalue weighted by atomic mass is 19.1. The molecule has 5 heteroatoms. The summed E-state index contributed by atoms with van der Waals surface area (Å²) in [7, 11) is 0. The van der Waals surface area contributed by atoms with Crippen molar-refractivity contribution in [3.05, 3.63) is 59.9 Å². The standard InChI is InChI=1S/C14H14FN3O/c15-11-5-3-6-12(8-11)18-14(19)17-9-10-4-1-2-7-13(10)16/h1-8H,9,16H2,(H2,17,18,19). The first-order valence-corrected chi connectivity index (χ1v) is 5.79. The Morgan fingerprint density at radius 3 is 2.68 bits per heavy atom. The van der Waals surface area contributed by atoms with Crippen molar-refractivity contribution >= 4 is 17.4 Å². The molecule has 0 aliphatic rings. The quantitative estimate of drug-likeness (QED) is 0.742. The van der Waals surface area contributed by atoms with E-state index in [0.29, 0.717) is 17.9 Å². The molecular weight excluding hydrogens is 245 g/mol. The number of anilines is 2. The molecule has 0 fully saturated rings. The highest BCUT2D eigenvalue weighted by Crippen LogP contribution is 2.11. The summed E-state index contributed by atoms with van der Waals surface area (Å²) in [5.41, 5.74) is 7.61. The van der Waals surface area contributed by atoms with Gasteiger partial charge in [0.25, 0.3) is 0 Å². The fourth-order valence-electron chi connectivity index (χ4n) is 1.61. The highest BCUT2D eigenvalue weighted by molar-refractivity contribution is 5.89. The van der Waals surface area contributed by atoms with E-state index in [1.807, 2.05) is 18.2 Å². The Kier molecular flexibility index (Phi) is 3.97. The van der Waals surface area contributed by atoms with Crippen LogP contribution < -0.4 is 16.4 Å². The van der Waals surface area contributed by atoms with Gasteiger partial charge < -0.3 is 16.4 Å². The minimum absolute atomic E-state index is 0.313. The lowest BCUT2D eigenvalue weighted by Crippen LogP contribution is -2.28. The van der Waals surface area contributed by atoms with Crippen molar-refractivity contribution in [3.8, 4) is 0 Å². The zero-order valence-electron chi connectivity index (χ0n) is 10.2. The molecule has 0 atom stereocenters. The number of carbonyl (C=O) groups excluding carboxylic acids is 1. The van der Waals surface area contributed by atoms with Crippen LogP contribution in [0, 0.1) is 5.82 Å². The number of benzene rings is 2. The van der Waals surface area contributed by atoms with Crippen molar-refractivity contribution in [2.45, 2.75) is 6.54 Å². The van der Waals surface area contributed by atoms with E-state index >= 15 is 0 Å². The molecule has 0 unspecified atom stereocenters. The molecular formula is C14H14FN3O. The molecule has 2 aromatic carbocycles. The summed E-state index contributed by atoms with van der Waals surface area (Å²) < 4.78 is 12.9. The second-order valence-corrected chi connectivity index (χ2v) is 4.02. The lowest BCUT2D eigenvalue weighted by molar-refractivity contribution is 0.252. The smallest absolute Gasteiger partial charge is 0.319 e. The van der Waals surface area contributed by atoms with Gasteiger partial charge in [0.15, 0.2) is 0 Å². The van der Waals surface area contributed by atoms with Crippen LogP contribution in [0.25, 0.3) is 0 Å². The second kappa shape index (κ2) is 5.86. The van der Waals surface area contributed by atoms with E-state index < -0.39 is 11.8 Å². The molecule has 2 rings (SSSR count). The Labute approximate surface area is 110 Å². The SMILES string of the molecule is Nc1ccccc1CNC(=O)Nc1cccc(F)c1. The van der Waals surface area contributed by atoms with Crippen LogP contribution in [0.3, 0.4) is 0 Å². The molecule has 4 N–H and O–H groups in total. The summed E-state index contributed by atoms with van der Waals surface area (Å²) in [5, 5.41) is 5.20. The first-order valence-electron chi connectivity index (χ1n) is 5.79. The summed E-state index contributed by atoms with van der Waals surface area (Å²) in [5.74, 6) is -0.398. The van der Waals surface area contributed by atoms with Crippen molar-refractivity contribution in [3.63, 3.8) is 0 Å². The van der Waals surface area contributed by atoms with Crippen molar-refractivity contribution in [2.75, 3.05) is 11.1 Å². The molecule has 0 heterocycles. The van der Waals surface area contributed by atoms with Crippen LogP contribution in [-0.2, 0) is 6.54 Å². The van der Waals surface area contributed by atoms with Crippen molar-refractivity contribution in [1.29, 1.82) is 0 Å². The number of hydrogen-bond donors (Lipinski definition) is 3. The lowest BCUT2D eigenvalue weighted by Gasteiger charge is -2.09. The molecule has 0 aromatic heterocycles. The van der Waals surface area contributed by atoms with Crippen molar-refractivity contribution in [1.82, 2.24) is 5.32 Å². The van der Waals surface area contributed by atoms with E-state index in [4.69, 9.17) is 5.73 Å². The number of carbonyl (C=O) groups is 1. The van der Waals surface area contributed by atoms with Gasteiger partial charge in [0.05, 0.1) is 0 Å². The van der Waals surface area contributed by atoms with E-state index in [1.165, 1.54) is 18.2 Å². The van der Waals surface area contributed by atoms with Gasteiger partial charge in [-0.15, -0.1) is 0 Å². The van der Waals surface area contributed by atoms with Crippen molar-refractivity contribution < 1.29 is 9.18 Å². The zero-order chi connectivity index (χ0) is 13.7. The predicted molar refractivity (Wildman–Crippen MR) is 73.1 cm³/mol. The van der Waals surface area contributed by atoms with E-state index in [0.717, 1.165) is 5.56 Å². The van der Waals surface area contributed by atoms with E-state index in [-0.39, 0.29) is 0 Å². The molecule has 0 aliphatic heterocycles. The van der Waals surface area contributed by atoms with Gasteiger partial charge in [0.1, 0.15) is 5.82 Å². The molecule has 98 valence electrons. The van der Waals surface area contributed by atoms with E-state index in [1.54, 1.807) is 12.1 Å². The minimum atomic E-state index is -0.408. The minimum Gasteiger partial charge on any atom is -0.398 e. The summed E-state index contributed by atoms with van der Waals surface area (Å²) in [6.45, 7) is 0.313. The number of para-hydroxylation sites is 1. The summed E-state index contributed by atoms with van der Waals surface area (Å²) in [6, 6.07) is 12.6. The third-order valence-corrected chi connectivity index (χ3v) is 2.58. The van der Waals surface area contributed by atoms with Gasteiger partial charge >= 0.3 is 6.03 Å². The number of halogens is 1. The third kappa shape index (κ3) is 3.70. The number of hydrogen-bond acceptors (Lipinski definition) is 2. The fourth-order valence-corrected chi connectivity index (χ4v) is 1.61. The molecule has 0 spiro atoms. The van der Waals surface area contributed by atoms with Crippen LogP contribution in [0.5, 0.6) is 0 Å². The molecule has 0 radical (unpaired) electrons. The molecule has 4 nitrogen and oxygen atoms in total. The molecule has 0 saturated carbocycles. The number of nitrogen functional groups attached to an aromatic ring is 1. The Morgan fingerprint density at radius 1 is 1.16 bits per heavy atom. The van der Waals surface area contributed by atoms with Gasteiger partial charge in [0, 0.05) is 17.9 Å². The number of nitrogens with two attached hydrogens (primary N) is 1. The maximum absolute atomic E-state index is 12.9. The Morgan fingerprint density at radius 2 is 1.95 bits per heavy atom. The van der Waals surface area contributed by atoms with Gasteiger partial charge in [-0.25, -0.2) is 9.18 Å². The maximum atomic E-state index is 12.9. The molecule has 0 bridgehead atoms. The largest absolute Gasteiger partial charge is 0.398 e. The number of nitrogens with one attached hydrogen (secondary N) is 2. The second-order valence-electron chi connectivity index (χ2n) is 4.02. The topological polar surface area (TPSA) is 67.1 Å². The zero-order valence-corrected chi connectivity index (χ0v) is 10.2. The molecule has 0 aliphatic carbocycles. The predicted octanol–water partition coefficient (Wildman–Crippen LogP) is 2.73. The molecule has 19 heavy (non-hydrogen) atoms. The van der Waals surface area contributed by atoms with E-state index in [2.05, 4.69) is 10.6 Å². The summed E-state index contributed by atoms with van der Waals surface area (Å²) >= 11 is 0. The number of amides is 2. The first kappa shape index (κ1) is 12.9. The Balaban J connectivity index is 1.90. The van der Waals surface area contributed by atoms with Gasteiger partial charge in [-0.2, -0.15) is 0 Å². The number of rotatable bonds is 3. The summed E-state index contributed by atoms with van der Waals surface area (Å²) in [4.78, 5) is 11.6. The van der Waals surface area contributed by atoms with Gasteiger partial charge in [0.2, 0.25) is 0 Å². The van der Waals surface area contributed by atoms with Crippen LogP contribution in [0.15, 0.2) is 48.5 Å². The maximum Gasteiger partial charge on any atom is 0.319 e. The Bertz CT molecular complexity index is 586. The third-order valence-electron chi connectivity index (χ3n) is 2.58. The average molecular weight is 259 g/mol. The van der Waals surface area contributed by atoms with Crippen LogP contribution in [-0.4, -0.2) is 6.03 Å². The molecule has 0 saturated heterocycles.